The van der Waals surface area contributed by atoms with Crippen molar-refractivity contribution in [3.63, 3.8) is 0 Å². The zero-order valence-electron chi connectivity index (χ0n) is 14.5. The number of nitrogens with zero attached hydrogens (tertiary/aromatic N) is 4. The van der Waals surface area contributed by atoms with Gasteiger partial charge in [-0.25, -0.2) is 4.98 Å². The van der Waals surface area contributed by atoms with Crippen LogP contribution in [0.25, 0.3) is 10.7 Å². The van der Waals surface area contributed by atoms with Crippen molar-refractivity contribution < 1.29 is 9.15 Å². The van der Waals surface area contributed by atoms with E-state index in [1.54, 1.807) is 17.5 Å². The van der Waals surface area contributed by atoms with Gasteiger partial charge < -0.3 is 9.15 Å². The first-order chi connectivity index (χ1) is 13.3. The maximum Gasteiger partial charge on any atom is 0.277 e. The highest BCUT2D eigenvalue weighted by atomic mass is 32.2. The zero-order valence-corrected chi connectivity index (χ0v) is 16.2. The quantitative estimate of drug-likeness (QED) is 0.417. The van der Waals surface area contributed by atoms with Gasteiger partial charge in [0.25, 0.3) is 11.1 Å². The number of pyridine rings is 1. The molecule has 0 spiro atoms. The first-order valence-electron chi connectivity index (χ1n) is 8.27. The lowest BCUT2D eigenvalue weighted by atomic mass is 10.2. The minimum atomic E-state index is 0.247. The van der Waals surface area contributed by atoms with Crippen molar-refractivity contribution in [3.8, 4) is 16.5 Å². The Kier molecular flexibility index (Phi) is 5.45. The molecular formula is C19H16N4O2S2. The van der Waals surface area contributed by atoms with Crippen molar-refractivity contribution in [3.05, 3.63) is 71.2 Å². The summed E-state index contributed by atoms with van der Waals surface area (Å²) in [6.45, 7) is 2.28. The van der Waals surface area contributed by atoms with Crippen LogP contribution in [-0.2, 0) is 12.4 Å². The molecule has 0 saturated carbocycles. The highest BCUT2D eigenvalue weighted by molar-refractivity contribution is 7.98. The third-order valence-corrected chi connectivity index (χ3v) is 5.38. The summed E-state index contributed by atoms with van der Waals surface area (Å²) in [5.74, 6) is 1.88. The second kappa shape index (κ2) is 8.32. The number of aromatic nitrogens is 4. The van der Waals surface area contributed by atoms with Gasteiger partial charge in [0.2, 0.25) is 0 Å². The van der Waals surface area contributed by atoms with Gasteiger partial charge in [-0.3, -0.25) is 4.98 Å². The Morgan fingerprint density at radius 1 is 1.11 bits per heavy atom. The van der Waals surface area contributed by atoms with Gasteiger partial charge in [0.15, 0.2) is 6.61 Å². The first kappa shape index (κ1) is 17.7. The van der Waals surface area contributed by atoms with Crippen molar-refractivity contribution >= 4 is 23.1 Å². The summed E-state index contributed by atoms with van der Waals surface area (Å²) in [6.07, 6.45) is 1.77. The van der Waals surface area contributed by atoms with Gasteiger partial charge in [0.05, 0.1) is 11.4 Å². The van der Waals surface area contributed by atoms with E-state index in [4.69, 9.17) is 9.15 Å². The van der Waals surface area contributed by atoms with Gasteiger partial charge in [-0.05, 0) is 31.2 Å². The van der Waals surface area contributed by atoms with Crippen LogP contribution in [0.5, 0.6) is 5.75 Å². The lowest BCUT2D eigenvalue weighted by Crippen LogP contribution is -1.95. The van der Waals surface area contributed by atoms with E-state index in [1.165, 1.54) is 17.3 Å². The maximum absolute atomic E-state index is 5.65. The van der Waals surface area contributed by atoms with E-state index in [0.29, 0.717) is 16.9 Å². The highest BCUT2D eigenvalue weighted by Crippen LogP contribution is 2.26. The predicted octanol–water partition coefficient (Wildman–Crippen LogP) is 4.77. The number of thiazole rings is 1. The van der Waals surface area contributed by atoms with E-state index in [-0.39, 0.29) is 6.61 Å². The van der Waals surface area contributed by atoms with Gasteiger partial charge >= 0.3 is 0 Å². The molecule has 4 aromatic rings. The number of thioether (sulfide) groups is 1. The average Bonchev–Trinajstić information content (AvgIpc) is 3.36. The number of rotatable bonds is 7. The fourth-order valence-corrected chi connectivity index (χ4v) is 3.82. The van der Waals surface area contributed by atoms with Crippen LogP contribution in [0.1, 0.15) is 17.1 Å². The molecule has 8 heteroatoms. The van der Waals surface area contributed by atoms with Crippen LogP contribution in [-0.4, -0.2) is 20.2 Å². The number of benzene rings is 1. The molecule has 3 aromatic heterocycles. The van der Waals surface area contributed by atoms with E-state index in [1.807, 2.05) is 54.8 Å². The predicted molar refractivity (Wildman–Crippen MR) is 105 cm³/mol. The SMILES string of the molecule is Cc1ccc(OCc2nnc(SCc3csc(-c4ccccn4)n3)o2)cc1. The number of hydrogen-bond donors (Lipinski definition) is 0. The Morgan fingerprint density at radius 3 is 2.81 bits per heavy atom. The molecule has 0 atom stereocenters. The molecule has 0 unspecified atom stereocenters. The van der Waals surface area contributed by atoms with Crippen molar-refractivity contribution in [1.82, 2.24) is 20.2 Å². The van der Waals surface area contributed by atoms with E-state index >= 15 is 0 Å². The van der Waals surface area contributed by atoms with Crippen molar-refractivity contribution in [2.24, 2.45) is 0 Å². The van der Waals surface area contributed by atoms with E-state index in [9.17, 15) is 0 Å². The summed E-state index contributed by atoms with van der Waals surface area (Å²) in [7, 11) is 0. The molecule has 0 aliphatic carbocycles. The Balaban J connectivity index is 1.31. The topological polar surface area (TPSA) is 73.9 Å². The number of hydrogen-bond acceptors (Lipinski definition) is 8. The monoisotopic (exact) mass is 396 g/mol. The van der Waals surface area contributed by atoms with Crippen LogP contribution < -0.4 is 4.74 Å². The number of ether oxygens (including phenoxy) is 1. The van der Waals surface area contributed by atoms with Crippen LogP contribution in [0.15, 0.2) is 63.7 Å². The van der Waals surface area contributed by atoms with Crippen LogP contribution in [0.2, 0.25) is 0 Å². The van der Waals surface area contributed by atoms with Crippen LogP contribution in [0.3, 0.4) is 0 Å². The molecule has 0 N–H and O–H groups in total. The first-order valence-corrected chi connectivity index (χ1v) is 10.1. The Labute approximate surface area is 164 Å². The van der Waals surface area contributed by atoms with E-state index in [2.05, 4.69) is 20.2 Å². The Morgan fingerprint density at radius 2 is 2.00 bits per heavy atom. The summed E-state index contributed by atoms with van der Waals surface area (Å²) in [5, 5.41) is 11.5. The average molecular weight is 396 g/mol. The summed E-state index contributed by atoms with van der Waals surface area (Å²) < 4.78 is 11.3. The Bertz CT molecular complexity index is 1000. The molecule has 0 fully saturated rings. The fraction of sp³-hybridized carbons (Fsp3) is 0.158. The van der Waals surface area contributed by atoms with Gasteiger partial charge in [0.1, 0.15) is 10.8 Å². The maximum atomic E-state index is 5.65. The van der Waals surface area contributed by atoms with Gasteiger partial charge in [0, 0.05) is 17.3 Å². The minimum Gasteiger partial charge on any atom is -0.484 e. The Hall–Kier alpha value is -2.71. The molecule has 136 valence electrons. The highest BCUT2D eigenvalue weighted by Gasteiger charge is 2.10. The molecule has 0 radical (unpaired) electrons. The summed E-state index contributed by atoms with van der Waals surface area (Å²) >= 11 is 3.03. The van der Waals surface area contributed by atoms with Crippen molar-refractivity contribution in [1.29, 1.82) is 0 Å². The summed E-state index contributed by atoms with van der Waals surface area (Å²) in [6, 6.07) is 13.6. The second-order valence-corrected chi connectivity index (χ2v) is 7.50. The lowest BCUT2D eigenvalue weighted by Gasteiger charge is -2.02. The van der Waals surface area contributed by atoms with Gasteiger partial charge in [-0.15, -0.1) is 21.5 Å². The fourth-order valence-electron chi connectivity index (χ4n) is 2.25. The van der Waals surface area contributed by atoms with Crippen LogP contribution in [0.4, 0.5) is 0 Å². The molecule has 0 bridgehead atoms. The van der Waals surface area contributed by atoms with Crippen LogP contribution >= 0.6 is 23.1 Å². The van der Waals surface area contributed by atoms with Crippen molar-refractivity contribution in [2.45, 2.75) is 24.5 Å². The molecule has 3 heterocycles. The smallest absolute Gasteiger partial charge is 0.277 e. The molecule has 1 aromatic carbocycles. The summed E-state index contributed by atoms with van der Waals surface area (Å²) in [5.41, 5.74) is 3.03. The standard InChI is InChI=1S/C19H16N4O2S2/c1-13-5-7-15(8-6-13)24-10-17-22-23-19(25-17)27-12-14-11-26-18(21-14)16-4-2-3-9-20-16/h2-9,11H,10,12H2,1H3. The molecule has 6 nitrogen and oxygen atoms in total. The van der Waals surface area contributed by atoms with Crippen molar-refractivity contribution in [2.75, 3.05) is 0 Å². The summed E-state index contributed by atoms with van der Waals surface area (Å²) in [4.78, 5) is 8.93. The van der Waals surface area contributed by atoms with E-state index < -0.39 is 0 Å². The molecule has 4 rings (SSSR count). The van der Waals surface area contributed by atoms with Gasteiger partial charge in [-0.1, -0.05) is 35.5 Å². The molecule has 0 aliphatic rings. The molecule has 0 aliphatic heterocycles. The minimum absolute atomic E-state index is 0.247. The number of aryl methyl sites for hydroxylation is 1. The second-order valence-electron chi connectivity index (χ2n) is 5.71. The molecular weight excluding hydrogens is 380 g/mol. The van der Waals surface area contributed by atoms with Crippen LogP contribution in [0, 0.1) is 6.92 Å². The normalized spacial score (nSPS) is 10.9. The third kappa shape index (κ3) is 4.72. The zero-order chi connectivity index (χ0) is 18.5. The van der Waals surface area contributed by atoms with Gasteiger partial charge in [-0.2, -0.15) is 0 Å². The third-order valence-electron chi connectivity index (χ3n) is 3.61. The molecule has 0 amide bonds. The molecule has 27 heavy (non-hydrogen) atoms. The lowest BCUT2D eigenvalue weighted by molar-refractivity contribution is 0.252. The van der Waals surface area contributed by atoms with E-state index in [0.717, 1.165) is 22.1 Å². The largest absolute Gasteiger partial charge is 0.484 e. The molecule has 0 saturated heterocycles.